The summed E-state index contributed by atoms with van der Waals surface area (Å²) in [6.45, 7) is 1.48. The van der Waals surface area contributed by atoms with Crippen molar-refractivity contribution >= 4 is 5.97 Å². The van der Waals surface area contributed by atoms with Crippen LogP contribution in [0.4, 0.5) is 0 Å². The van der Waals surface area contributed by atoms with Gasteiger partial charge in [0.05, 0.1) is 5.56 Å². The minimum atomic E-state index is -0.611. The van der Waals surface area contributed by atoms with Gasteiger partial charge in [-0.25, -0.2) is 4.79 Å². The molecule has 1 atom stereocenters. The summed E-state index contributed by atoms with van der Waals surface area (Å²) in [6, 6.07) is 18.3. The SMILES string of the molecule is CN(CCOC(=O)c1ccccc1)CC(O)COc1ccccc1. The van der Waals surface area contributed by atoms with E-state index in [2.05, 4.69) is 0 Å². The van der Waals surface area contributed by atoms with Crippen molar-refractivity contribution in [1.29, 1.82) is 0 Å². The Bertz CT molecular complexity index is 603. The summed E-state index contributed by atoms with van der Waals surface area (Å²) in [6.07, 6.45) is -0.611. The normalized spacial score (nSPS) is 12.0. The Balaban J connectivity index is 1.62. The molecule has 2 aromatic rings. The first-order valence-electron chi connectivity index (χ1n) is 7.92. The Morgan fingerprint density at radius 2 is 1.71 bits per heavy atom. The average Bonchev–Trinajstić information content (AvgIpc) is 2.61. The molecule has 128 valence electrons. The fourth-order valence-electron chi connectivity index (χ4n) is 2.16. The average molecular weight is 329 g/mol. The van der Waals surface area contributed by atoms with Crippen LogP contribution < -0.4 is 4.74 Å². The number of hydrogen-bond acceptors (Lipinski definition) is 5. The summed E-state index contributed by atoms with van der Waals surface area (Å²) in [5, 5.41) is 9.99. The van der Waals surface area contributed by atoms with E-state index in [4.69, 9.17) is 9.47 Å². The van der Waals surface area contributed by atoms with Crippen molar-refractivity contribution in [2.24, 2.45) is 0 Å². The van der Waals surface area contributed by atoms with Gasteiger partial charge in [0.25, 0.3) is 0 Å². The fourth-order valence-corrected chi connectivity index (χ4v) is 2.16. The standard InChI is InChI=1S/C19H23NO4/c1-20(12-13-23-19(22)16-8-4-2-5-9-16)14-17(21)15-24-18-10-6-3-7-11-18/h2-11,17,21H,12-15H2,1H3. The molecule has 0 saturated heterocycles. The third kappa shape index (κ3) is 6.40. The molecule has 0 aliphatic carbocycles. The van der Waals surface area contributed by atoms with E-state index in [1.54, 1.807) is 24.3 Å². The van der Waals surface area contributed by atoms with Gasteiger partial charge in [0.1, 0.15) is 25.1 Å². The number of carbonyl (C=O) groups excluding carboxylic acids is 1. The number of aliphatic hydroxyl groups excluding tert-OH is 1. The summed E-state index contributed by atoms with van der Waals surface area (Å²) < 4.78 is 10.7. The van der Waals surface area contributed by atoms with Gasteiger partial charge in [-0.2, -0.15) is 0 Å². The quantitative estimate of drug-likeness (QED) is 0.715. The Hall–Kier alpha value is -2.37. The molecule has 0 aliphatic rings. The zero-order chi connectivity index (χ0) is 17.2. The van der Waals surface area contributed by atoms with Gasteiger partial charge in [0, 0.05) is 13.1 Å². The second kappa shape index (κ2) is 9.70. The summed E-state index contributed by atoms with van der Waals surface area (Å²) >= 11 is 0. The van der Waals surface area contributed by atoms with Crippen LogP contribution >= 0.6 is 0 Å². The lowest BCUT2D eigenvalue weighted by atomic mass is 10.2. The van der Waals surface area contributed by atoms with Gasteiger partial charge in [0.15, 0.2) is 0 Å². The van der Waals surface area contributed by atoms with Crippen LogP contribution in [0, 0.1) is 0 Å². The summed E-state index contributed by atoms with van der Waals surface area (Å²) in [7, 11) is 1.86. The monoisotopic (exact) mass is 329 g/mol. The van der Waals surface area contributed by atoms with E-state index in [0.29, 0.717) is 18.7 Å². The number of benzene rings is 2. The number of likely N-dealkylation sites (N-methyl/N-ethyl adjacent to an activating group) is 1. The lowest BCUT2D eigenvalue weighted by Gasteiger charge is -2.20. The number of esters is 1. The number of para-hydroxylation sites is 1. The highest BCUT2D eigenvalue weighted by molar-refractivity contribution is 5.89. The van der Waals surface area contributed by atoms with Gasteiger partial charge in [-0.05, 0) is 31.3 Å². The molecular weight excluding hydrogens is 306 g/mol. The molecule has 0 bridgehead atoms. The first kappa shape index (κ1) is 18.0. The minimum absolute atomic E-state index is 0.220. The van der Waals surface area contributed by atoms with Gasteiger partial charge >= 0.3 is 5.97 Å². The number of aliphatic hydroxyl groups is 1. The molecule has 2 aromatic carbocycles. The first-order valence-corrected chi connectivity index (χ1v) is 7.92. The Morgan fingerprint density at radius 1 is 1.08 bits per heavy atom. The molecule has 0 heterocycles. The molecule has 0 saturated carbocycles. The van der Waals surface area contributed by atoms with Crippen LogP contribution in [0.3, 0.4) is 0 Å². The van der Waals surface area contributed by atoms with Gasteiger partial charge in [-0.1, -0.05) is 36.4 Å². The second-order valence-electron chi connectivity index (χ2n) is 5.54. The lowest BCUT2D eigenvalue weighted by Crippen LogP contribution is -2.35. The highest BCUT2D eigenvalue weighted by atomic mass is 16.5. The Morgan fingerprint density at radius 3 is 2.38 bits per heavy atom. The Kier molecular flexibility index (Phi) is 7.26. The van der Waals surface area contributed by atoms with Crippen molar-refractivity contribution in [1.82, 2.24) is 4.90 Å². The maximum atomic E-state index is 11.8. The summed E-state index contributed by atoms with van der Waals surface area (Å²) in [5.74, 6) is 0.396. The highest BCUT2D eigenvalue weighted by Gasteiger charge is 2.11. The predicted molar refractivity (Wildman–Crippen MR) is 92.2 cm³/mol. The molecule has 1 unspecified atom stereocenters. The van der Waals surface area contributed by atoms with E-state index in [9.17, 15) is 9.90 Å². The molecule has 0 spiro atoms. The van der Waals surface area contributed by atoms with Gasteiger partial charge in [-0.15, -0.1) is 0 Å². The topological polar surface area (TPSA) is 59.0 Å². The van der Waals surface area contributed by atoms with Crippen LogP contribution in [0.25, 0.3) is 0 Å². The molecule has 24 heavy (non-hydrogen) atoms. The third-order valence-electron chi connectivity index (χ3n) is 3.42. The van der Waals surface area contributed by atoms with Gasteiger partial charge in [0.2, 0.25) is 0 Å². The predicted octanol–water partition coefficient (Wildman–Crippen LogP) is 2.22. The van der Waals surface area contributed by atoms with E-state index in [-0.39, 0.29) is 19.2 Å². The minimum Gasteiger partial charge on any atom is -0.491 e. The van der Waals surface area contributed by atoms with Crippen LogP contribution in [0.2, 0.25) is 0 Å². The van der Waals surface area contributed by atoms with Crippen molar-refractivity contribution < 1.29 is 19.4 Å². The highest BCUT2D eigenvalue weighted by Crippen LogP contribution is 2.08. The number of carbonyl (C=O) groups is 1. The van der Waals surface area contributed by atoms with Crippen molar-refractivity contribution in [3.8, 4) is 5.75 Å². The van der Waals surface area contributed by atoms with Crippen LogP contribution in [0.5, 0.6) is 5.75 Å². The van der Waals surface area contributed by atoms with E-state index in [0.717, 1.165) is 5.75 Å². The number of ether oxygens (including phenoxy) is 2. The number of rotatable bonds is 9. The third-order valence-corrected chi connectivity index (χ3v) is 3.42. The molecule has 0 radical (unpaired) electrons. The maximum Gasteiger partial charge on any atom is 0.338 e. The van der Waals surface area contributed by atoms with Crippen molar-refractivity contribution in [2.75, 3.05) is 33.4 Å². The zero-order valence-electron chi connectivity index (χ0n) is 13.8. The maximum absolute atomic E-state index is 11.8. The Labute approximate surface area is 142 Å². The summed E-state index contributed by atoms with van der Waals surface area (Å²) in [5.41, 5.74) is 0.538. The van der Waals surface area contributed by atoms with Crippen molar-refractivity contribution in [3.63, 3.8) is 0 Å². The molecule has 1 N–H and O–H groups in total. The molecule has 0 amide bonds. The van der Waals surface area contributed by atoms with Crippen LogP contribution in [-0.2, 0) is 4.74 Å². The van der Waals surface area contributed by atoms with E-state index >= 15 is 0 Å². The van der Waals surface area contributed by atoms with Gasteiger partial charge < -0.3 is 19.5 Å². The molecule has 5 nitrogen and oxygen atoms in total. The van der Waals surface area contributed by atoms with Crippen LogP contribution in [0.15, 0.2) is 60.7 Å². The smallest absolute Gasteiger partial charge is 0.338 e. The molecule has 0 fully saturated rings. The molecular formula is C19H23NO4. The van der Waals surface area contributed by atoms with Crippen LogP contribution in [-0.4, -0.2) is 55.4 Å². The van der Waals surface area contributed by atoms with Gasteiger partial charge in [-0.3, -0.25) is 0 Å². The molecule has 5 heteroatoms. The zero-order valence-corrected chi connectivity index (χ0v) is 13.8. The lowest BCUT2D eigenvalue weighted by molar-refractivity contribution is 0.0413. The molecule has 0 aromatic heterocycles. The fraction of sp³-hybridized carbons (Fsp3) is 0.316. The largest absolute Gasteiger partial charge is 0.491 e. The number of hydrogen-bond donors (Lipinski definition) is 1. The van der Waals surface area contributed by atoms with E-state index in [1.807, 2.05) is 48.3 Å². The first-order chi connectivity index (χ1) is 11.6. The second-order valence-corrected chi connectivity index (χ2v) is 5.54. The molecule has 2 rings (SSSR count). The van der Waals surface area contributed by atoms with E-state index < -0.39 is 6.10 Å². The van der Waals surface area contributed by atoms with Crippen molar-refractivity contribution in [3.05, 3.63) is 66.2 Å². The van der Waals surface area contributed by atoms with E-state index in [1.165, 1.54) is 0 Å². The van der Waals surface area contributed by atoms with Crippen LogP contribution in [0.1, 0.15) is 10.4 Å². The van der Waals surface area contributed by atoms with Crippen molar-refractivity contribution in [2.45, 2.75) is 6.10 Å². The molecule has 0 aliphatic heterocycles. The number of nitrogens with zero attached hydrogens (tertiary/aromatic N) is 1. The summed E-state index contributed by atoms with van der Waals surface area (Å²) in [4.78, 5) is 13.7.